The van der Waals surface area contributed by atoms with Gasteiger partial charge in [-0.3, -0.25) is 0 Å². The summed E-state index contributed by atoms with van der Waals surface area (Å²) < 4.78 is 0.0414. The Morgan fingerprint density at radius 1 is 1.22 bits per heavy atom. The van der Waals surface area contributed by atoms with Crippen LogP contribution in [-0.4, -0.2) is 24.3 Å². The third-order valence-corrected chi connectivity index (χ3v) is 5.39. The number of rotatable bonds is 5. The average molecular weight is 318 g/mol. The maximum Gasteiger partial charge on any atom is 0.0813 e. The van der Waals surface area contributed by atoms with Gasteiger partial charge in [-0.25, -0.2) is 0 Å². The van der Waals surface area contributed by atoms with Gasteiger partial charge in [-0.2, -0.15) is 0 Å². The molecule has 0 saturated carbocycles. The molecule has 1 aliphatic rings. The van der Waals surface area contributed by atoms with Gasteiger partial charge in [-0.05, 0) is 42.2 Å². The van der Waals surface area contributed by atoms with Crippen LogP contribution in [0.5, 0.6) is 0 Å². The molecule has 1 aromatic rings. The van der Waals surface area contributed by atoms with E-state index in [2.05, 4.69) is 58.9 Å². The van der Waals surface area contributed by atoms with E-state index in [-0.39, 0.29) is 10.1 Å². The van der Waals surface area contributed by atoms with Crippen LogP contribution < -0.4 is 0 Å². The van der Waals surface area contributed by atoms with Crippen LogP contribution in [0.25, 0.3) is 0 Å². The van der Waals surface area contributed by atoms with Crippen molar-refractivity contribution in [3.63, 3.8) is 0 Å². The fraction of sp³-hybridized carbons (Fsp3) is 0.714. The van der Waals surface area contributed by atoms with E-state index in [1.807, 2.05) is 0 Å². The summed E-state index contributed by atoms with van der Waals surface area (Å²) in [6.45, 7) is 13.6. The van der Waals surface area contributed by atoms with Crippen LogP contribution in [0.4, 0.5) is 0 Å². The normalized spacial score (nSPS) is 27.0. The summed E-state index contributed by atoms with van der Waals surface area (Å²) in [7, 11) is 0. The molecule has 23 heavy (non-hydrogen) atoms. The van der Waals surface area contributed by atoms with Crippen LogP contribution >= 0.6 is 0 Å². The first kappa shape index (κ1) is 18.5. The van der Waals surface area contributed by atoms with Gasteiger partial charge in [0, 0.05) is 11.8 Å². The topological polar surface area (TPSA) is 23.1 Å². The molecule has 1 fully saturated rings. The van der Waals surface area contributed by atoms with Gasteiger partial charge in [0.05, 0.1) is 19.6 Å². The number of likely N-dealkylation sites (tertiary alicyclic amines) is 1. The number of quaternary nitrogens is 1. The van der Waals surface area contributed by atoms with Crippen molar-refractivity contribution in [3.05, 3.63) is 40.6 Å². The van der Waals surface area contributed by atoms with Crippen molar-refractivity contribution in [2.75, 3.05) is 19.6 Å². The van der Waals surface area contributed by atoms with E-state index in [0.717, 1.165) is 38.9 Å². The maximum atomic E-state index is 13.0. The third kappa shape index (κ3) is 5.32. The van der Waals surface area contributed by atoms with Crippen molar-refractivity contribution in [2.45, 2.75) is 65.7 Å². The van der Waals surface area contributed by atoms with E-state index in [0.29, 0.717) is 11.8 Å². The van der Waals surface area contributed by atoms with E-state index in [1.165, 1.54) is 17.5 Å². The molecule has 0 N–H and O–H groups in total. The Kier molecular flexibility index (Phi) is 5.91. The lowest BCUT2D eigenvalue weighted by atomic mass is 9.86. The van der Waals surface area contributed by atoms with E-state index >= 15 is 0 Å². The molecule has 0 spiro atoms. The molecule has 0 bridgehead atoms. The second-order valence-corrected chi connectivity index (χ2v) is 8.82. The molecule has 1 saturated heterocycles. The lowest BCUT2D eigenvalue weighted by molar-refractivity contribution is -0.892. The largest absolute Gasteiger partial charge is 0.633 e. The quantitative estimate of drug-likeness (QED) is 0.534. The molecule has 1 aromatic carbocycles. The molecule has 3 unspecified atom stereocenters. The van der Waals surface area contributed by atoms with Crippen LogP contribution in [0.1, 0.15) is 65.0 Å². The summed E-state index contributed by atoms with van der Waals surface area (Å²) in [6.07, 6.45) is 4.53. The van der Waals surface area contributed by atoms with Gasteiger partial charge in [0.1, 0.15) is 0 Å². The number of hydrogen-bond acceptors (Lipinski definition) is 1. The van der Waals surface area contributed by atoms with Crippen molar-refractivity contribution in [2.24, 2.45) is 11.8 Å². The zero-order chi connectivity index (χ0) is 17.1. The second-order valence-electron chi connectivity index (χ2n) is 8.82. The van der Waals surface area contributed by atoms with Crippen molar-refractivity contribution in [3.8, 4) is 0 Å². The monoisotopic (exact) mass is 317 g/mol. The third-order valence-electron chi connectivity index (χ3n) is 5.39. The van der Waals surface area contributed by atoms with Gasteiger partial charge < -0.3 is 9.85 Å². The Labute approximate surface area is 143 Å². The van der Waals surface area contributed by atoms with Crippen molar-refractivity contribution in [1.29, 1.82) is 0 Å². The Morgan fingerprint density at radius 3 is 2.43 bits per heavy atom. The Morgan fingerprint density at radius 2 is 1.87 bits per heavy atom. The van der Waals surface area contributed by atoms with E-state index in [9.17, 15) is 5.21 Å². The van der Waals surface area contributed by atoms with Crippen LogP contribution in [0.3, 0.4) is 0 Å². The standard InChI is InChI=1S/C21H35NO/c1-6-18-8-7-13-22(23,16-18)15-17(2)14-19-9-11-20(12-10-19)21(3,4)5/h9-12,17-18H,6-8,13-16H2,1-5H3. The Hall–Kier alpha value is -0.860. The second kappa shape index (κ2) is 7.36. The van der Waals surface area contributed by atoms with Crippen LogP contribution in [0, 0.1) is 17.0 Å². The van der Waals surface area contributed by atoms with Gasteiger partial charge in [-0.15, -0.1) is 0 Å². The maximum absolute atomic E-state index is 13.0. The average Bonchev–Trinajstić information content (AvgIpc) is 2.46. The molecule has 0 aliphatic carbocycles. The summed E-state index contributed by atoms with van der Waals surface area (Å²) in [6, 6.07) is 8.99. The Balaban J connectivity index is 1.92. The number of piperidine rings is 1. The summed E-state index contributed by atoms with van der Waals surface area (Å²) in [5.41, 5.74) is 2.95. The predicted molar refractivity (Wildman–Crippen MR) is 99.3 cm³/mol. The minimum atomic E-state index is 0.0414. The van der Waals surface area contributed by atoms with Gasteiger partial charge in [0.15, 0.2) is 0 Å². The minimum Gasteiger partial charge on any atom is -0.633 e. The highest BCUT2D eigenvalue weighted by atomic mass is 16.5. The molecular formula is C21H35NO. The molecule has 1 aliphatic heterocycles. The zero-order valence-electron chi connectivity index (χ0n) is 15.8. The molecule has 2 rings (SSSR count). The molecule has 0 aromatic heterocycles. The molecule has 3 atom stereocenters. The molecule has 2 nitrogen and oxygen atoms in total. The van der Waals surface area contributed by atoms with Crippen molar-refractivity contribution >= 4 is 0 Å². The fourth-order valence-corrected chi connectivity index (χ4v) is 4.00. The number of hydrogen-bond donors (Lipinski definition) is 0. The van der Waals surface area contributed by atoms with E-state index in [4.69, 9.17) is 0 Å². The first-order chi connectivity index (χ1) is 10.7. The lowest BCUT2D eigenvalue weighted by Crippen LogP contribution is -2.51. The summed E-state index contributed by atoms with van der Waals surface area (Å²) in [4.78, 5) is 0. The zero-order valence-corrected chi connectivity index (χ0v) is 15.8. The smallest absolute Gasteiger partial charge is 0.0813 e. The number of benzene rings is 1. The molecule has 0 radical (unpaired) electrons. The van der Waals surface area contributed by atoms with Crippen LogP contribution in [0.2, 0.25) is 0 Å². The number of hydroxylamine groups is 3. The summed E-state index contributed by atoms with van der Waals surface area (Å²) >= 11 is 0. The SMILES string of the molecule is CCC1CCC[N+]([O-])(CC(C)Cc2ccc(C(C)(C)C)cc2)C1. The molecule has 2 heteroatoms. The molecule has 0 amide bonds. The lowest BCUT2D eigenvalue weighted by Gasteiger charge is -2.49. The highest BCUT2D eigenvalue weighted by molar-refractivity contribution is 5.27. The molecule has 1 heterocycles. The molecule has 130 valence electrons. The van der Waals surface area contributed by atoms with Gasteiger partial charge in [-0.1, -0.05) is 58.9 Å². The highest BCUT2D eigenvalue weighted by Crippen LogP contribution is 2.27. The fourth-order valence-electron chi connectivity index (χ4n) is 4.00. The molecular weight excluding hydrogens is 282 g/mol. The van der Waals surface area contributed by atoms with Gasteiger partial charge in [0.25, 0.3) is 0 Å². The summed E-state index contributed by atoms with van der Waals surface area (Å²) in [5.74, 6) is 1.09. The minimum absolute atomic E-state index is 0.0414. The van der Waals surface area contributed by atoms with E-state index in [1.54, 1.807) is 0 Å². The first-order valence-electron chi connectivity index (χ1n) is 9.38. The predicted octanol–water partition coefficient (Wildman–Crippen LogP) is 5.30. The van der Waals surface area contributed by atoms with Crippen molar-refractivity contribution in [1.82, 2.24) is 0 Å². The summed E-state index contributed by atoms with van der Waals surface area (Å²) in [5, 5.41) is 13.0. The van der Waals surface area contributed by atoms with Crippen LogP contribution in [0.15, 0.2) is 24.3 Å². The van der Waals surface area contributed by atoms with Gasteiger partial charge in [0.2, 0.25) is 0 Å². The first-order valence-corrected chi connectivity index (χ1v) is 9.38. The van der Waals surface area contributed by atoms with Crippen LogP contribution in [-0.2, 0) is 11.8 Å². The highest BCUT2D eigenvalue weighted by Gasteiger charge is 2.28. The number of nitrogens with zero attached hydrogens (tertiary/aromatic N) is 1. The van der Waals surface area contributed by atoms with Gasteiger partial charge >= 0.3 is 0 Å². The Bertz CT molecular complexity index is 488. The van der Waals surface area contributed by atoms with Crippen molar-refractivity contribution < 1.29 is 4.65 Å². The van der Waals surface area contributed by atoms with E-state index < -0.39 is 0 Å².